The van der Waals surface area contributed by atoms with E-state index in [0.717, 1.165) is 12.8 Å². The molecule has 0 aromatic carbocycles. The molecule has 0 radical (unpaired) electrons. The Hall–Kier alpha value is 0.0700. The summed E-state index contributed by atoms with van der Waals surface area (Å²) >= 11 is -2.08. The molecule has 0 aliphatic heterocycles. The molecule has 0 amide bonds. The van der Waals surface area contributed by atoms with Crippen LogP contribution in [0.25, 0.3) is 0 Å². The lowest BCUT2D eigenvalue weighted by Gasteiger charge is -2.07. The fourth-order valence-corrected chi connectivity index (χ4v) is 0.977. The SMILES string of the molecule is CC(C)CCCNS(=O)[O-]. The van der Waals surface area contributed by atoms with E-state index in [4.69, 9.17) is 0 Å². The summed E-state index contributed by atoms with van der Waals surface area (Å²) < 4.78 is 22.2. The smallest absolute Gasteiger partial charge is 0.0181 e. The second kappa shape index (κ2) is 5.82. The van der Waals surface area contributed by atoms with Crippen molar-refractivity contribution in [3.8, 4) is 0 Å². The van der Waals surface area contributed by atoms with Gasteiger partial charge in [0.15, 0.2) is 0 Å². The van der Waals surface area contributed by atoms with Gasteiger partial charge in [0.25, 0.3) is 0 Å². The van der Waals surface area contributed by atoms with E-state index in [9.17, 15) is 8.76 Å². The molecule has 0 saturated carbocycles. The van der Waals surface area contributed by atoms with Gasteiger partial charge >= 0.3 is 0 Å². The van der Waals surface area contributed by atoms with Gasteiger partial charge in [0.05, 0.1) is 0 Å². The van der Waals surface area contributed by atoms with Crippen LogP contribution >= 0.6 is 0 Å². The quantitative estimate of drug-likeness (QED) is 0.483. The van der Waals surface area contributed by atoms with Crippen LogP contribution in [0.3, 0.4) is 0 Å². The monoisotopic (exact) mass is 164 g/mol. The zero-order valence-electron chi connectivity index (χ0n) is 6.42. The van der Waals surface area contributed by atoms with Crippen molar-refractivity contribution >= 4 is 11.3 Å². The molecule has 0 fully saturated rings. The van der Waals surface area contributed by atoms with Gasteiger partial charge in [-0.3, -0.25) is 4.21 Å². The summed E-state index contributed by atoms with van der Waals surface area (Å²) in [7, 11) is 0. The zero-order valence-corrected chi connectivity index (χ0v) is 7.24. The van der Waals surface area contributed by atoms with Crippen LogP contribution in [0.5, 0.6) is 0 Å². The van der Waals surface area contributed by atoms with Crippen molar-refractivity contribution in [2.24, 2.45) is 5.92 Å². The van der Waals surface area contributed by atoms with Crippen LogP contribution in [0.15, 0.2) is 0 Å². The third kappa shape index (κ3) is 8.07. The minimum Gasteiger partial charge on any atom is -0.760 e. The van der Waals surface area contributed by atoms with E-state index in [1.807, 2.05) is 0 Å². The van der Waals surface area contributed by atoms with Crippen molar-refractivity contribution in [2.75, 3.05) is 6.54 Å². The standard InChI is InChI=1S/C6H15NO2S/c1-6(2)4-3-5-7-10(8)9/h6-7H,3-5H2,1-2H3,(H,8,9)/p-1. The molecular weight excluding hydrogens is 150 g/mol. The molecule has 1 N–H and O–H groups in total. The van der Waals surface area contributed by atoms with Gasteiger partial charge in [0.1, 0.15) is 0 Å². The summed E-state index contributed by atoms with van der Waals surface area (Å²) in [4.78, 5) is 0. The molecule has 62 valence electrons. The maximum atomic E-state index is 9.93. The molecule has 0 aromatic heterocycles. The number of hydrogen-bond donors (Lipinski definition) is 1. The third-order valence-corrected chi connectivity index (χ3v) is 1.62. The van der Waals surface area contributed by atoms with Gasteiger partial charge in [-0.05, 0) is 18.8 Å². The molecule has 0 bridgehead atoms. The third-order valence-electron chi connectivity index (χ3n) is 1.18. The Morgan fingerprint density at radius 1 is 1.60 bits per heavy atom. The summed E-state index contributed by atoms with van der Waals surface area (Å²) in [6, 6.07) is 0. The van der Waals surface area contributed by atoms with Crippen LogP contribution in [-0.2, 0) is 11.3 Å². The molecule has 0 saturated heterocycles. The molecule has 3 nitrogen and oxygen atoms in total. The average Bonchev–Trinajstić information content (AvgIpc) is 1.79. The van der Waals surface area contributed by atoms with Crippen molar-refractivity contribution in [3.63, 3.8) is 0 Å². The zero-order chi connectivity index (χ0) is 7.98. The first-order chi connectivity index (χ1) is 4.63. The van der Waals surface area contributed by atoms with E-state index in [0.29, 0.717) is 12.5 Å². The number of nitrogens with one attached hydrogen (secondary N) is 1. The molecule has 0 aromatic rings. The van der Waals surface area contributed by atoms with E-state index in [2.05, 4.69) is 18.6 Å². The highest BCUT2D eigenvalue weighted by Crippen LogP contribution is 2.01. The van der Waals surface area contributed by atoms with Gasteiger partial charge in [-0.15, -0.1) is 0 Å². The first kappa shape index (κ1) is 10.1. The Morgan fingerprint density at radius 2 is 2.20 bits per heavy atom. The summed E-state index contributed by atoms with van der Waals surface area (Å²) in [5.74, 6) is 0.655. The highest BCUT2D eigenvalue weighted by atomic mass is 32.2. The fraction of sp³-hybridized carbons (Fsp3) is 1.00. The largest absolute Gasteiger partial charge is 0.760 e. The van der Waals surface area contributed by atoms with Gasteiger partial charge in [-0.25, -0.2) is 4.72 Å². The predicted octanol–water partition coefficient (Wildman–Crippen LogP) is 0.806. The molecule has 0 aliphatic rings. The summed E-state index contributed by atoms with van der Waals surface area (Å²) in [5.41, 5.74) is 0. The van der Waals surface area contributed by atoms with Crippen LogP contribution in [-0.4, -0.2) is 15.3 Å². The van der Waals surface area contributed by atoms with Gasteiger partial charge in [-0.1, -0.05) is 13.8 Å². The van der Waals surface area contributed by atoms with Crippen LogP contribution in [0.1, 0.15) is 26.7 Å². The molecule has 4 heteroatoms. The van der Waals surface area contributed by atoms with Gasteiger partial charge < -0.3 is 4.55 Å². The van der Waals surface area contributed by atoms with Crippen LogP contribution in [0, 0.1) is 5.92 Å². The van der Waals surface area contributed by atoms with Crippen molar-refractivity contribution < 1.29 is 8.76 Å². The second-order valence-corrected chi connectivity index (χ2v) is 3.42. The lowest BCUT2D eigenvalue weighted by atomic mass is 10.1. The topological polar surface area (TPSA) is 52.2 Å². The highest BCUT2D eigenvalue weighted by Gasteiger charge is 1.92. The maximum absolute atomic E-state index is 9.93. The first-order valence-electron chi connectivity index (χ1n) is 3.45. The van der Waals surface area contributed by atoms with Crippen LogP contribution in [0.2, 0.25) is 0 Å². The minimum absolute atomic E-state index is 0.564. The van der Waals surface area contributed by atoms with Crippen molar-refractivity contribution in [3.05, 3.63) is 0 Å². The number of rotatable bonds is 5. The Bertz CT molecular complexity index is 106. The molecule has 0 spiro atoms. The summed E-state index contributed by atoms with van der Waals surface area (Å²) in [6.45, 7) is 4.80. The lowest BCUT2D eigenvalue weighted by Crippen LogP contribution is -2.17. The van der Waals surface area contributed by atoms with E-state index in [-0.39, 0.29) is 0 Å². The highest BCUT2D eigenvalue weighted by molar-refractivity contribution is 7.77. The molecule has 1 atom stereocenters. The normalized spacial score (nSPS) is 14.0. The lowest BCUT2D eigenvalue weighted by molar-refractivity contribution is 0.509. The van der Waals surface area contributed by atoms with Crippen molar-refractivity contribution in [1.82, 2.24) is 4.72 Å². The average molecular weight is 164 g/mol. The minimum atomic E-state index is -2.08. The molecule has 0 rings (SSSR count). The van der Waals surface area contributed by atoms with Crippen molar-refractivity contribution in [1.29, 1.82) is 0 Å². The first-order valence-corrected chi connectivity index (χ1v) is 4.53. The number of hydrogen-bond acceptors (Lipinski definition) is 2. The van der Waals surface area contributed by atoms with Crippen LogP contribution in [0.4, 0.5) is 0 Å². The Balaban J connectivity index is 2.98. The Labute approximate surface area is 64.6 Å². The molecular formula is C6H14NO2S-. The molecule has 0 heterocycles. The van der Waals surface area contributed by atoms with E-state index >= 15 is 0 Å². The maximum Gasteiger partial charge on any atom is 0.0181 e. The van der Waals surface area contributed by atoms with E-state index < -0.39 is 11.3 Å². The molecule has 10 heavy (non-hydrogen) atoms. The van der Waals surface area contributed by atoms with Gasteiger partial charge in [0.2, 0.25) is 0 Å². The summed E-state index contributed by atoms with van der Waals surface area (Å²) in [6.07, 6.45) is 2.00. The van der Waals surface area contributed by atoms with Gasteiger partial charge in [-0.2, -0.15) is 0 Å². The Kier molecular flexibility index (Phi) is 5.87. The fourth-order valence-electron chi connectivity index (χ4n) is 0.666. The second-order valence-electron chi connectivity index (χ2n) is 2.67. The predicted molar refractivity (Wildman–Crippen MR) is 41.0 cm³/mol. The molecule has 1 unspecified atom stereocenters. The van der Waals surface area contributed by atoms with E-state index in [1.54, 1.807) is 0 Å². The van der Waals surface area contributed by atoms with Crippen LogP contribution < -0.4 is 4.72 Å². The van der Waals surface area contributed by atoms with E-state index in [1.165, 1.54) is 0 Å². The van der Waals surface area contributed by atoms with Crippen molar-refractivity contribution in [2.45, 2.75) is 26.7 Å². The molecule has 0 aliphatic carbocycles. The summed E-state index contributed by atoms with van der Waals surface area (Å²) in [5, 5.41) is 0. The van der Waals surface area contributed by atoms with Gasteiger partial charge in [0, 0.05) is 17.8 Å². The Morgan fingerprint density at radius 3 is 2.60 bits per heavy atom.